The normalized spacial score (nSPS) is 12.7. The molecule has 5 nitrogen and oxygen atoms in total. The molecule has 3 aromatic rings. The van der Waals surface area contributed by atoms with E-state index in [0.717, 1.165) is 33.4 Å². The summed E-state index contributed by atoms with van der Waals surface area (Å²) in [6, 6.07) is 8.86. The van der Waals surface area contributed by atoms with Crippen LogP contribution in [0.4, 0.5) is 4.39 Å². The summed E-state index contributed by atoms with van der Waals surface area (Å²) in [5.74, 6) is -0.214. The van der Waals surface area contributed by atoms with Crippen molar-refractivity contribution in [3.05, 3.63) is 70.9 Å². The van der Waals surface area contributed by atoms with Crippen LogP contribution in [0.25, 0.3) is 10.9 Å². The van der Waals surface area contributed by atoms with Gasteiger partial charge in [-0.25, -0.2) is 12.8 Å². The second-order valence-electron chi connectivity index (χ2n) is 7.03. The monoisotopic (exact) mass is 402 g/mol. The number of aryl methyl sites for hydroxylation is 1. The van der Waals surface area contributed by atoms with Gasteiger partial charge in [-0.2, -0.15) is 0 Å². The molecule has 0 aliphatic rings. The molecule has 0 fully saturated rings. The molecule has 1 aromatic carbocycles. The first-order chi connectivity index (χ1) is 13.2. The van der Waals surface area contributed by atoms with E-state index in [1.807, 2.05) is 42.8 Å². The molecular formula is C21H25FN3O2S+. The number of nitrogens with zero attached hydrogens (tertiary/aromatic N) is 2. The van der Waals surface area contributed by atoms with Crippen LogP contribution in [0.15, 0.2) is 53.3 Å². The molecule has 0 atom stereocenters. The first-order valence-corrected chi connectivity index (χ1v) is 11.0. The average Bonchev–Trinajstić information content (AvgIpc) is 2.87. The second-order valence-corrected chi connectivity index (χ2v) is 9.04. The van der Waals surface area contributed by atoms with Gasteiger partial charge in [0.1, 0.15) is 5.83 Å². The molecular weight excluding hydrogens is 377 g/mol. The largest absolute Gasteiger partial charge is 0.354 e. The molecule has 7 heteroatoms. The van der Waals surface area contributed by atoms with E-state index in [0.29, 0.717) is 17.9 Å². The van der Waals surface area contributed by atoms with E-state index in [1.165, 1.54) is 12.3 Å². The quantitative estimate of drug-likeness (QED) is 0.688. The Labute approximate surface area is 164 Å². The third kappa shape index (κ3) is 4.15. The summed E-state index contributed by atoms with van der Waals surface area (Å²) in [6.07, 6.45) is 5.13. The molecule has 2 aromatic heterocycles. The molecule has 0 unspecified atom stereocenters. The lowest BCUT2D eigenvalue weighted by Crippen LogP contribution is -2.49. The van der Waals surface area contributed by atoms with E-state index in [2.05, 4.69) is 10.7 Å². The van der Waals surface area contributed by atoms with Crippen LogP contribution in [0.5, 0.6) is 0 Å². The highest BCUT2D eigenvalue weighted by molar-refractivity contribution is 7.90. The first-order valence-electron chi connectivity index (χ1n) is 9.07. The van der Waals surface area contributed by atoms with Gasteiger partial charge in [-0.15, -0.1) is 0 Å². The minimum atomic E-state index is -3.22. The zero-order chi connectivity index (χ0) is 20.5. The number of quaternary nitrogens is 1. The van der Waals surface area contributed by atoms with E-state index in [1.54, 1.807) is 12.1 Å². The Balaban J connectivity index is 2.06. The molecule has 0 aliphatic heterocycles. The lowest BCUT2D eigenvalue weighted by atomic mass is 10.0. The minimum absolute atomic E-state index is 0.161. The molecule has 0 radical (unpaired) electrons. The van der Waals surface area contributed by atoms with Crippen molar-refractivity contribution in [3.8, 4) is 0 Å². The standard InChI is InChI=1S/C21H24FN3O2S/c1-14-10-21-20(12-24-14)19(15(2)25(21)13-17(22)8-9-23)11-16-4-6-18(7-5-16)28(3,26)27/h4-8,10,12H,9,11,13,23H2,1-3H3/p+1/b17-8-. The fraction of sp³-hybridized carbons (Fsp3) is 0.286. The van der Waals surface area contributed by atoms with E-state index in [4.69, 9.17) is 0 Å². The smallest absolute Gasteiger partial charge is 0.175 e. The van der Waals surface area contributed by atoms with E-state index in [-0.39, 0.29) is 12.4 Å². The van der Waals surface area contributed by atoms with Gasteiger partial charge in [0.05, 0.1) is 23.5 Å². The Morgan fingerprint density at radius 3 is 2.54 bits per heavy atom. The molecule has 28 heavy (non-hydrogen) atoms. The third-order valence-electron chi connectivity index (χ3n) is 4.88. The molecule has 2 heterocycles. The maximum Gasteiger partial charge on any atom is 0.175 e. The number of allylic oxidation sites excluding steroid dienone is 1. The van der Waals surface area contributed by atoms with Crippen LogP contribution in [0.1, 0.15) is 22.5 Å². The second kappa shape index (κ2) is 7.85. The number of hydrogen-bond donors (Lipinski definition) is 1. The third-order valence-corrected chi connectivity index (χ3v) is 6.01. The van der Waals surface area contributed by atoms with E-state index >= 15 is 0 Å². The summed E-state index contributed by atoms with van der Waals surface area (Å²) in [6.45, 7) is 4.46. The molecule has 0 aliphatic carbocycles. The summed E-state index contributed by atoms with van der Waals surface area (Å²) in [5.41, 5.74) is 8.52. The number of hydrogen-bond acceptors (Lipinski definition) is 3. The highest BCUT2D eigenvalue weighted by Crippen LogP contribution is 2.29. The van der Waals surface area contributed by atoms with Crippen molar-refractivity contribution in [3.63, 3.8) is 0 Å². The summed E-state index contributed by atoms with van der Waals surface area (Å²) < 4.78 is 39.5. The van der Waals surface area contributed by atoms with Crippen LogP contribution in [0, 0.1) is 13.8 Å². The summed E-state index contributed by atoms with van der Waals surface area (Å²) in [5, 5.41) is 0.984. The van der Waals surface area contributed by atoms with E-state index in [9.17, 15) is 12.8 Å². The predicted octanol–water partition coefficient (Wildman–Crippen LogP) is 2.74. The SMILES string of the molecule is Cc1cc2c(cn1)c(Cc1ccc(S(C)(=O)=O)cc1)c(C)n2C/C(F)=C/C[NH3+]. The average molecular weight is 403 g/mol. The zero-order valence-electron chi connectivity index (χ0n) is 16.4. The Morgan fingerprint density at radius 2 is 1.93 bits per heavy atom. The van der Waals surface area contributed by atoms with Crippen LogP contribution in [-0.4, -0.2) is 30.8 Å². The first kappa shape index (κ1) is 20.2. The molecule has 0 saturated carbocycles. The number of fused-ring (bicyclic) bond motifs is 1. The summed E-state index contributed by atoms with van der Waals surface area (Å²) >= 11 is 0. The van der Waals surface area contributed by atoms with Crippen molar-refractivity contribution in [1.82, 2.24) is 9.55 Å². The van der Waals surface area contributed by atoms with Gasteiger partial charge in [0, 0.05) is 35.3 Å². The van der Waals surface area contributed by atoms with Gasteiger partial charge in [-0.05, 0) is 49.6 Å². The number of halogens is 1. The maximum absolute atomic E-state index is 14.2. The molecule has 148 valence electrons. The molecule has 0 amide bonds. The molecule has 0 spiro atoms. The van der Waals surface area contributed by atoms with E-state index < -0.39 is 9.84 Å². The molecule has 0 bridgehead atoms. The van der Waals surface area contributed by atoms with Crippen molar-refractivity contribution in [2.24, 2.45) is 0 Å². The predicted molar refractivity (Wildman–Crippen MR) is 109 cm³/mol. The lowest BCUT2D eigenvalue weighted by Gasteiger charge is -2.08. The highest BCUT2D eigenvalue weighted by atomic mass is 32.2. The fourth-order valence-corrected chi connectivity index (χ4v) is 4.03. The van der Waals surface area contributed by atoms with Crippen LogP contribution in [0.3, 0.4) is 0 Å². The number of pyridine rings is 1. The van der Waals surface area contributed by atoms with Crippen LogP contribution >= 0.6 is 0 Å². The van der Waals surface area contributed by atoms with Gasteiger partial charge in [-0.1, -0.05) is 12.1 Å². The maximum atomic E-state index is 14.2. The van der Waals surface area contributed by atoms with Crippen molar-refractivity contribution in [1.29, 1.82) is 0 Å². The Morgan fingerprint density at radius 1 is 1.25 bits per heavy atom. The van der Waals surface area contributed by atoms with Gasteiger partial charge < -0.3 is 10.3 Å². The topological polar surface area (TPSA) is 79.6 Å². The lowest BCUT2D eigenvalue weighted by molar-refractivity contribution is -0.353. The Bertz CT molecular complexity index is 1150. The Kier molecular flexibility index (Phi) is 5.67. The summed E-state index contributed by atoms with van der Waals surface area (Å²) in [7, 11) is -3.22. The van der Waals surface area contributed by atoms with Crippen LogP contribution < -0.4 is 5.73 Å². The van der Waals surface area contributed by atoms with Gasteiger partial charge in [-0.3, -0.25) is 4.98 Å². The number of sulfone groups is 1. The summed E-state index contributed by atoms with van der Waals surface area (Å²) in [4.78, 5) is 4.71. The zero-order valence-corrected chi connectivity index (χ0v) is 17.2. The highest BCUT2D eigenvalue weighted by Gasteiger charge is 2.16. The van der Waals surface area contributed by atoms with Crippen LogP contribution in [-0.2, 0) is 22.8 Å². The van der Waals surface area contributed by atoms with Crippen molar-refractivity contribution in [2.75, 3.05) is 12.8 Å². The van der Waals surface area contributed by atoms with Gasteiger partial charge in [0.2, 0.25) is 0 Å². The van der Waals surface area contributed by atoms with Gasteiger partial charge in [0.25, 0.3) is 0 Å². The fourth-order valence-electron chi connectivity index (χ4n) is 3.40. The van der Waals surface area contributed by atoms with Gasteiger partial charge >= 0.3 is 0 Å². The van der Waals surface area contributed by atoms with Crippen molar-refractivity contribution < 1.29 is 18.5 Å². The molecule has 3 rings (SSSR count). The van der Waals surface area contributed by atoms with Crippen LogP contribution in [0.2, 0.25) is 0 Å². The Hall–Kier alpha value is -2.51. The minimum Gasteiger partial charge on any atom is -0.354 e. The van der Waals surface area contributed by atoms with Crippen molar-refractivity contribution >= 4 is 20.7 Å². The molecule has 3 N–H and O–H groups in total. The number of aromatic nitrogens is 2. The number of benzene rings is 1. The van der Waals surface area contributed by atoms with Crippen molar-refractivity contribution in [2.45, 2.75) is 31.7 Å². The molecule has 0 saturated heterocycles. The number of rotatable bonds is 6. The van der Waals surface area contributed by atoms with Gasteiger partial charge in [0.15, 0.2) is 9.84 Å².